The molecule has 1 fully saturated rings. The normalized spacial score (nSPS) is 21.3. The number of nitrogens with zero attached hydrogens (tertiary/aromatic N) is 1. The Morgan fingerprint density at radius 3 is 2.69 bits per heavy atom. The highest BCUT2D eigenvalue weighted by Gasteiger charge is 2.24. The van der Waals surface area contributed by atoms with Crippen molar-refractivity contribution in [2.45, 2.75) is 25.8 Å². The van der Waals surface area contributed by atoms with Gasteiger partial charge in [0.25, 0.3) is 0 Å². The predicted octanol–water partition coefficient (Wildman–Crippen LogP) is 2.52. The Labute approximate surface area is 92.9 Å². The summed E-state index contributed by atoms with van der Waals surface area (Å²) in [6, 6.07) is 3.89. The van der Waals surface area contributed by atoms with E-state index in [-0.39, 0.29) is 11.8 Å². The second-order valence-electron chi connectivity index (χ2n) is 4.13. The fourth-order valence-electron chi connectivity index (χ4n) is 2.05. The Morgan fingerprint density at radius 2 is 2.06 bits per heavy atom. The summed E-state index contributed by atoms with van der Waals surface area (Å²) in [5.41, 5.74) is 0.638. The van der Waals surface area contributed by atoms with E-state index in [1.807, 2.05) is 11.8 Å². The maximum atomic E-state index is 13.1. The van der Waals surface area contributed by atoms with Crippen LogP contribution in [-0.2, 0) is 4.79 Å². The van der Waals surface area contributed by atoms with Crippen LogP contribution in [-0.4, -0.2) is 18.4 Å². The van der Waals surface area contributed by atoms with Gasteiger partial charge in [-0.3, -0.25) is 4.79 Å². The number of Topliss-reactive ketones (excluding diaryl/α,β-unsaturated/α-hetero) is 1. The third kappa shape index (κ3) is 2.05. The molecule has 1 aromatic rings. The summed E-state index contributed by atoms with van der Waals surface area (Å²) in [6.07, 6.45) is 0.947. The van der Waals surface area contributed by atoms with Crippen LogP contribution >= 0.6 is 0 Å². The van der Waals surface area contributed by atoms with Gasteiger partial charge in [0.2, 0.25) is 0 Å². The van der Waals surface area contributed by atoms with Crippen LogP contribution in [0.1, 0.15) is 19.8 Å². The lowest BCUT2D eigenvalue weighted by atomic mass is 10.0. The van der Waals surface area contributed by atoms with Gasteiger partial charge in [-0.15, -0.1) is 0 Å². The molecular weight excluding hydrogens is 212 g/mol. The minimum absolute atomic E-state index is 0.0473. The summed E-state index contributed by atoms with van der Waals surface area (Å²) in [7, 11) is 0. The zero-order valence-corrected chi connectivity index (χ0v) is 9.04. The largest absolute Gasteiger partial charge is 0.368 e. The minimum atomic E-state index is -0.846. The number of ketones is 1. The molecule has 0 N–H and O–H groups in total. The number of carbonyl (C=O) groups excluding carboxylic acids is 1. The number of carbonyl (C=O) groups is 1. The van der Waals surface area contributed by atoms with Gasteiger partial charge in [0.05, 0.1) is 0 Å². The van der Waals surface area contributed by atoms with Gasteiger partial charge in [-0.05, 0) is 19.1 Å². The van der Waals surface area contributed by atoms with Gasteiger partial charge in [-0.25, -0.2) is 8.78 Å². The minimum Gasteiger partial charge on any atom is -0.368 e. The predicted molar refractivity (Wildman–Crippen MR) is 57.4 cm³/mol. The van der Waals surface area contributed by atoms with Gasteiger partial charge >= 0.3 is 0 Å². The van der Waals surface area contributed by atoms with Crippen molar-refractivity contribution in [1.82, 2.24) is 0 Å². The van der Waals surface area contributed by atoms with E-state index in [4.69, 9.17) is 0 Å². The van der Waals surface area contributed by atoms with Crippen LogP contribution in [0.2, 0.25) is 0 Å². The van der Waals surface area contributed by atoms with Crippen LogP contribution < -0.4 is 4.90 Å². The Balaban J connectivity index is 2.23. The standard InChI is InChI=1S/C12H13F2NO/c1-8-6-10(16)4-5-15(8)9-2-3-11(13)12(14)7-9/h2-3,7-8H,4-6H2,1H3. The van der Waals surface area contributed by atoms with Gasteiger partial charge in [0.1, 0.15) is 5.78 Å². The van der Waals surface area contributed by atoms with Gasteiger partial charge in [0, 0.05) is 37.2 Å². The molecular formula is C12H13F2NO. The average molecular weight is 225 g/mol. The van der Waals surface area contributed by atoms with Crippen molar-refractivity contribution in [3.05, 3.63) is 29.8 Å². The highest BCUT2D eigenvalue weighted by molar-refractivity contribution is 5.81. The summed E-state index contributed by atoms with van der Waals surface area (Å²) >= 11 is 0. The molecule has 0 aromatic heterocycles. The van der Waals surface area contributed by atoms with E-state index in [0.29, 0.717) is 25.1 Å². The smallest absolute Gasteiger partial charge is 0.160 e. The van der Waals surface area contributed by atoms with Crippen LogP contribution in [0.15, 0.2) is 18.2 Å². The fourth-order valence-corrected chi connectivity index (χ4v) is 2.05. The van der Waals surface area contributed by atoms with Crippen LogP contribution in [0.5, 0.6) is 0 Å². The zero-order valence-electron chi connectivity index (χ0n) is 9.04. The molecule has 2 rings (SSSR count). The number of piperidine rings is 1. The van der Waals surface area contributed by atoms with Crippen molar-refractivity contribution in [3.8, 4) is 0 Å². The van der Waals surface area contributed by atoms with Crippen LogP contribution in [0.4, 0.5) is 14.5 Å². The molecule has 1 atom stereocenters. The van der Waals surface area contributed by atoms with E-state index in [2.05, 4.69) is 0 Å². The summed E-state index contributed by atoms with van der Waals surface area (Å²) < 4.78 is 25.8. The first-order chi connectivity index (χ1) is 7.58. The number of hydrogen-bond donors (Lipinski definition) is 0. The number of anilines is 1. The van der Waals surface area contributed by atoms with E-state index in [9.17, 15) is 13.6 Å². The first kappa shape index (κ1) is 11.0. The van der Waals surface area contributed by atoms with E-state index in [1.54, 1.807) is 6.07 Å². The third-order valence-electron chi connectivity index (χ3n) is 2.92. The molecule has 1 aromatic carbocycles. The molecule has 0 aliphatic carbocycles. The number of hydrogen-bond acceptors (Lipinski definition) is 2. The van der Waals surface area contributed by atoms with Gasteiger partial charge < -0.3 is 4.90 Å². The third-order valence-corrected chi connectivity index (χ3v) is 2.92. The summed E-state index contributed by atoms with van der Waals surface area (Å²) in [6.45, 7) is 2.49. The lowest BCUT2D eigenvalue weighted by Gasteiger charge is -2.34. The molecule has 86 valence electrons. The summed E-state index contributed by atoms with van der Waals surface area (Å²) in [4.78, 5) is 13.1. The monoisotopic (exact) mass is 225 g/mol. The molecule has 0 spiro atoms. The molecule has 1 heterocycles. The Kier molecular flexibility index (Phi) is 2.90. The van der Waals surface area contributed by atoms with Crippen molar-refractivity contribution in [1.29, 1.82) is 0 Å². The van der Waals surface area contributed by atoms with Crippen molar-refractivity contribution >= 4 is 11.5 Å². The molecule has 1 aliphatic heterocycles. The van der Waals surface area contributed by atoms with Crippen molar-refractivity contribution in [2.75, 3.05) is 11.4 Å². The van der Waals surface area contributed by atoms with Crippen LogP contribution in [0, 0.1) is 11.6 Å². The second kappa shape index (κ2) is 4.20. The average Bonchev–Trinajstić information content (AvgIpc) is 2.22. The summed E-state index contributed by atoms with van der Waals surface area (Å²) in [5.74, 6) is -1.46. The van der Waals surface area contributed by atoms with Crippen LogP contribution in [0.3, 0.4) is 0 Å². The maximum absolute atomic E-state index is 13.1. The highest BCUT2D eigenvalue weighted by atomic mass is 19.2. The van der Waals surface area contributed by atoms with Crippen molar-refractivity contribution in [2.24, 2.45) is 0 Å². The van der Waals surface area contributed by atoms with E-state index in [1.165, 1.54) is 6.07 Å². The topological polar surface area (TPSA) is 20.3 Å². The molecule has 1 saturated heterocycles. The first-order valence-corrected chi connectivity index (χ1v) is 5.31. The van der Waals surface area contributed by atoms with Crippen LogP contribution in [0.25, 0.3) is 0 Å². The zero-order chi connectivity index (χ0) is 11.7. The number of benzene rings is 1. The Bertz CT molecular complexity index is 419. The summed E-state index contributed by atoms with van der Waals surface area (Å²) in [5, 5.41) is 0. The fraction of sp³-hybridized carbons (Fsp3) is 0.417. The molecule has 4 heteroatoms. The van der Waals surface area contributed by atoms with Gasteiger partial charge in [-0.2, -0.15) is 0 Å². The van der Waals surface area contributed by atoms with Crippen molar-refractivity contribution < 1.29 is 13.6 Å². The first-order valence-electron chi connectivity index (χ1n) is 5.31. The van der Waals surface area contributed by atoms with E-state index < -0.39 is 11.6 Å². The van der Waals surface area contributed by atoms with Gasteiger partial charge in [-0.1, -0.05) is 0 Å². The molecule has 0 radical (unpaired) electrons. The number of halogens is 2. The molecule has 2 nitrogen and oxygen atoms in total. The Morgan fingerprint density at radius 1 is 1.31 bits per heavy atom. The quantitative estimate of drug-likeness (QED) is 0.732. The lowest BCUT2D eigenvalue weighted by Crippen LogP contribution is -2.41. The lowest BCUT2D eigenvalue weighted by molar-refractivity contribution is -0.120. The second-order valence-corrected chi connectivity index (χ2v) is 4.13. The van der Waals surface area contributed by atoms with Gasteiger partial charge in [0.15, 0.2) is 11.6 Å². The Hall–Kier alpha value is -1.45. The SMILES string of the molecule is CC1CC(=O)CCN1c1ccc(F)c(F)c1. The molecule has 0 bridgehead atoms. The molecule has 0 saturated carbocycles. The molecule has 1 unspecified atom stereocenters. The molecule has 16 heavy (non-hydrogen) atoms. The van der Waals surface area contributed by atoms with Crippen molar-refractivity contribution in [3.63, 3.8) is 0 Å². The van der Waals surface area contributed by atoms with E-state index in [0.717, 1.165) is 6.07 Å². The maximum Gasteiger partial charge on any atom is 0.160 e. The van der Waals surface area contributed by atoms with E-state index >= 15 is 0 Å². The molecule has 1 aliphatic rings. The number of rotatable bonds is 1. The molecule has 0 amide bonds. The highest BCUT2D eigenvalue weighted by Crippen LogP contribution is 2.24.